The molecule has 0 radical (unpaired) electrons. The minimum Gasteiger partial charge on any atom is -0.748 e. The van der Waals surface area contributed by atoms with E-state index >= 15 is 0 Å². The Kier molecular flexibility index (Phi) is 25.6. The third kappa shape index (κ3) is 24.0. The summed E-state index contributed by atoms with van der Waals surface area (Å²) in [5, 5.41) is 9.29. The number of rotatable bonds is 21. The summed E-state index contributed by atoms with van der Waals surface area (Å²) in [5.41, 5.74) is 0. The molecule has 2 unspecified atom stereocenters. The minimum atomic E-state index is -4.12. The fraction of sp³-hybridized carbons (Fsp3) is 1.00. The molecule has 0 aliphatic carbocycles. The van der Waals surface area contributed by atoms with E-state index in [9.17, 15) is 18.1 Å². The van der Waals surface area contributed by atoms with Gasteiger partial charge in [0.2, 0.25) is 0 Å². The van der Waals surface area contributed by atoms with Crippen molar-refractivity contribution in [3.05, 3.63) is 0 Å². The first-order chi connectivity index (χ1) is 13.4. The van der Waals surface area contributed by atoms with Gasteiger partial charge in [-0.1, -0.05) is 110 Å². The van der Waals surface area contributed by atoms with E-state index in [1.807, 2.05) is 0 Å². The molecule has 0 amide bonds. The molecule has 6 heteroatoms. The Bertz CT molecular complexity index is 429. The van der Waals surface area contributed by atoms with Gasteiger partial charge in [-0.25, -0.2) is 8.42 Å². The Morgan fingerprint density at radius 3 is 1.31 bits per heavy atom. The van der Waals surface area contributed by atoms with Crippen molar-refractivity contribution in [3.63, 3.8) is 0 Å². The quantitative estimate of drug-likeness (QED) is 0.162. The van der Waals surface area contributed by atoms with Gasteiger partial charge < -0.3 is 9.66 Å². The number of unbranched alkanes of at least 4 members (excludes halogenated alkanes) is 14. The van der Waals surface area contributed by atoms with Gasteiger partial charge in [-0.05, 0) is 26.2 Å². The van der Waals surface area contributed by atoms with Gasteiger partial charge in [-0.2, -0.15) is 0 Å². The van der Waals surface area contributed by atoms with Crippen LogP contribution in [0.25, 0.3) is 0 Å². The third-order valence-corrected chi connectivity index (χ3v) is 7.00. The molecule has 2 atom stereocenters. The van der Waals surface area contributed by atoms with Crippen LogP contribution in [0, 0.1) is 0 Å². The second-order valence-electron chi connectivity index (χ2n) is 8.63. The molecule has 0 rings (SSSR count). The zero-order valence-corrected chi connectivity index (χ0v) is 23.6. The summed E-state index contributed by atoms with van der Waals surface area (Å²) in [4.78, 5) is 0. The molecule has 0 saturated heterocycles. The second kappa shape index (κ2) is 22.7. The molecule has 4 nitrogen and oxygen atoms in total. The van der Waals surface area contributed by atoms with Gasteiger partial charge >= 0.3 is 51.4 Å². The molecule has 0 aromatic carbocycles. The van der Waals surface area contributed by atoms with Crippen molar-refractivity contribution in [2.75, 3.05) is 0 Å². The van der Waals surface area contributed by atoms with Crippen molar-refractivity contribution in [3.8, 4) is 0 Å². The van der Waals surface area contributed by atoms with E-state index in [2.05, 4.69) is 6.92 Å². The molecule has 0 fully saturated rings. The summed E-state index contributed by atoms with van der Waals surface area (Å²) >= 11 is 0. The zero-order valence-electron chi connectivity index (χ0n) is 19.7. The molecule has 0 saturated carbocycles. The first-order valence-corrected chi connectivity index (χ1v) is 13.5. The molecule has 0 spiro atoms. The fourth-order valence-electron chi connectivity index (χ4n) is 3.67. The molecule has 170 valence electrons. The smallest absolute Gasteiger partial charge is 0.748 e. The van der Waals surface area contributed by atoms with Crippen molar-refractivity contribution < 1.29 is 69.5 Å². The van der Waals surface area contributed by atoms with E-state index in [-0.39, 0.29) is 57.5 Å². The first kappa shape index (κ1) is 32.7. The van der Waals surface area contributed by atoms with Crippen LogP contribution in [0.15, 0.2) is 0 Å². The largest absolute Gasteiger partial charge is 1.00 e. The number of aliphatic hydroxyl groups excluding tert-OH is 1. The van der Waals surface area contributed by atoms with Gasteiger partial charge in [-0.3, -0.25) is 0 Å². The van der Waals surface area contributed by atoms with E-state index < -0.39 is 15.4 Å². The molecule has 29 heavy (non-hydrogen) atoms. The molecule has 0 aliphatic rings. The molecular weight excluding hydrogens is 411 g/mol. The van der Waals surface area contributed by atoms with Gasteiger partial charge in [-0.15, -0.1) is 0 Å². The molecule has 0 aliphatic heterocycles. The molecule has 0 aromatic heterocycles. The van der Waals surface area contributed by atoms with Crippen molar-refractivity contribution in [2.24, 2.45) is 0 Å². The maximum atomic E-state index is 10.8. The van der Waals surface area contributed by atoms with Crippen molar-refractivity contribution >= 4 is 10.1 Å². The molecular formula is C23H47KO4S. The maximum Gasteiger partial charge on any atom is 1.00 e. The Balaban J connectivity index is 0. The van der Waals surface area contributed by atoms with E-state index in [4.69, 9.17) is 0 Å². The number of aliphatic hydroxyl groups is 1. The zero-order chi connectivity index (χ0) is 21.1. The van der Waals surface area contributed by atoms with Crippen molar-refractivity contribution in [2.45, 2.75) is 147 Å². The molecule has 1 N–H and O–H groups in total. The third-order valence-electron chi connectivity index (χ3n) is 5.78. The Hall–Kier alpha value is 1.51. The van der Waals surface area contributed by atoms with Crippen LogP contribution < -0.4 is 51.4 Å². The Labute approximate surface area is 224 Å². The summed E-state index contributed by atoms with van der Waals surface area (Å²) in [6.45, 7) is 3.75. The summed E-state index contributed by atoms with van der Waals surface area (Å²) in [6, 6.07) is 0. The van der Waals surface area contributed by atoms with E-state index in [1.54, 1.807) is 0 Å². The number of hydrogen-bond acceptors (Lipinski definition) is 4. The second-order valence-corrected chi connectivity index (χ2v) is 10.4. The SMILES string of the molecule is CCCCCCCCCCCCCC(O)CCCCCCCC(C)S(=O)(=O)[O-].[K+]. The summed E-state index contributed by atoms with van der Waals surface area (Å²) in [5.74, 6) is 0. The van der Waals surface area contributed by atoms with Crippen LogP contribution in [-0.4, -0.2) is 29.4 Å². The van der Waals surface area contributed by atoms with Crippen LogP contribution in [0.3, 0.4) is 0 Å². The molecule has 0 heterocycles. The normalized spacial score (nSPS) is 13.8. The van der Waals surface area contributed by atoms with E-state index in [1.165, 1.54) is 71.1 Å². The van der Waals surface area contributed by atoms with Crippen LogP contribution in [0.5, 0.6) is 0 Å². The van der Waals surface area contributed by atoms with Crippen LogP contribution in [-0.2, 0) is 10.1 Å². The predicted molar refractivity (Wildman–Crippen MR) is 119 cm³/mol. The van der Waals surface area contributed by atoms with Gasteiger partial charge in [0, 0.05) is 5.25 Å². The van der Waals surface area contributed by atoms with Gasteiger partial charge in [0.15, 0.2) is 0 Å². The topological polar surface area (TPSA) is 77.4 Å². The van der Waals surface area contributed by atoms with E-state index in [0.29, 0.717) is 6.42 Å². The van der Waals surface area contributed by atoms with Crippen LogP contribution in [0.4, 0.5) is 0 Å². The average molecular weight is 459 g/mol. The molecule has 0 aromatic rings. The Morgan fingerprint density at radius 1 is 0.655 bits per heavy atom. The fourth-order valence-corrected chi connectivity index (χ4v) is 4.13. The summed E-state index contributed by atoms with van der Waals surface area (Å²) in [7, 11) is -4.12. The maximum absolute atomic E-state index is 10.8. The first-order valence-electron chi connectivity index (χ1n) is 12.0. The van der Waals surface area contributed by atoms with Crippen molar-refractivity contribution in [1.29, 1.82) is 0 Å². The predicted octanol–water partition coefficient (Wildman–Crippen LogP) is 3.72. The van der Waals surface area contributed by atoms with Crippen molar-refractivity contribution in [1.82, 2.24) is 0 Å². The Morgan fingerprint density at radius 2 is 0.966 bits per heavy atom. The average Bonchev–Trinajstić information content (AvgIpc) is 2.64. The number of hydrogen-bond donors (Lipinski definition) is 1. The van der Waals surface area contributed by atoms with Gasteiger partial charge in [0.05, 0.1) is 16.2 Å². The van der Waals surface area contributed by atoms with Crippen LogP contribution in [0.2, 0.25) is 0 Å². The monoisotopic (exact) mass is 458 g/mol. The van der Waals surface area contributed by atoms with Crippen LogP contribution in [0.1, 0.15) is 136 Å². The minimum absolute atomic E-state index is 0. The summed E-state index contributed by atoms with van der Waals surface area (Å²) in [6.07, 6.45) is 21.7. The van der Waals surface area contributed by atoms with Crippen LogP contribution >= 0.6 is 0 Å². The summed E-state index contributed by atoms with van der Waals surface area (Å²) < 4.78 is 32.4. The van der Waals surface area contributed by atoms with Gasteiger partial charge in [0.25, 0.3) is 0 Å². The standard InChI is InChI=1S/C23H48O4S.K/c1-3-4-5-6-7-8-9-10-11-14-17-20-23(24)21-18-15-12-13-16-19-22(2)28(25,26)27;/h22-24H,3-21H2,1-2H3,(H,25,26,27);/q;+1/p-1. The van der Waals surface area contributed by atoms with Gasteiger partial charge in [0.1, 0.15) is 0 Å². The van der Waals surface area contributed by atoms with E-state index in [0.717, 1.165) is 51.4 Å². The molecule has 0 bridgehead atoms.